The van der Waals surface area contributed by atoms with Gasteiger partial charge in [-0.15, -0.1) is 0 Å². The first-order chi connectivity index (χ1) is 10.7. The minimum atomic E-state index is -2.92. The second-order valence-electron chi connectivity index (χ2n) is 6.02. The van der Waals surface area contributed by atoms with Crippen LogP contribution in [0.3, 0.4) is 0 Å². The van der Waals surface area contributed by atoms with Crippen LogP contribution in [0.2, 0.25) is 0 Å². The van der Waals surface area contributed by atoms with E-state index < -0.39 is 22.2 Å². The van der Waals surface area contributed by atoms with Gasteiger partial charge in [0.25, 0.3) is 0 Å². The van der Waals surface area contributed by atoms with Crippen LogP contribution in [-0.2, 0) is 10.8 Å². The lowest BCUT2D eigenvalue weighted by molar-refractivity contribution is -0.0502. The summed E-state index contributed by atoms with van der Waals surface area (Å²) in [7, 11) is -0.973. The number of hydrogen-bond donors (Lipinski definition) is 1. The van der Waals surface area contributed by atoms with Crippen LogP contribution in [0.5, 0.6) is 5.75 Å². The molecule has 2 amide bonds. The molecule has 2 rings (SSSR count). The first-order valence-electron chi connectivity index (χ1n) is 7.19. The number of alkyl halides is 2. The van der Waals surface area contributed by atoms with E-state index in [9.17, 15) is 17.8 Å². The molecule has 1 atom stereocenters. The summed E-state index contributed by atoms with van der Waals surface area (Å²) >= 11 is 0. The van der Waals surface area contributed by atoms with Gasteiger partial charge in [0.1, 0.15) is 5.75 Å². The molecule has 1 aromatic rings. The number of halogens is 2. The molecular weight excluding hydrogens is 326 g/mol. The number of carbonyl (C=O) groups is 1. The molecule has 0 bridgehead atoms. The average Bonchev–Trinajstić information content (AvgIpc) is 2.44. The van der Waals surface area contributed by atoms with E-state index in [2.05, 4.69) is 10.1 Å². The highest BCUT2D eigenvalue weighted by Gasteiger charge is 2.35. The number of urea groups is 1. The van der Waals surface area contributed by atoms with Gasteiger partial charge in [0.2, 0.25) is 0 Å². The highest BCUT2D eigenvalue weighted by atomic mass is 32.2. The van der Waals surface area contributed by atoms with E-state index >= 15 is 0 Å². The highest BCUT2D eigenvalue weighted by Crippen LogP contribution is 2.25. The number of benzene rings is 1. The van der Waals surface area contributed by atoms with Crippen LogP contribution in [0, 0.1) is 6.92 Å². The SMILES string of the molecule is Cc1ccc(NC(=O)N2CC[S@](=O)C(C)(C)C2)cc1OC(F)F. The Bertz CT molecular complexity index is 623. The van der Waals surface area contributed by atoms with Crippen LogP contribution in [0.4, 0.5) is 19.3 Å². The van der Waals surface area contributed by atoms with Gasteiger partial charge < -0.3 is 15.0 Å². The Morgan fingerprint density at radius 1 is 1.43 bits per heavy atom. The molecule has 1 aromatic carbocycles. The van der Waals surface area contributed by atoms with Gasteiger partial charge in [0.05, 0.1) is 4.75 Å². The Balaban J connectivity index is 2.07. The fraction of sp³-hybridized carbons (Fsp3) is 0.533. The normalized spacial score (nSPS) is 20.4. The van der Waals surface area contributed by atoms with Gasteiger partial charge in [-0.05, 0) is 32.4 Å². The number of rotatable bonds is 3. The zero-order valence-corrected chi connectivity index (χ0v) is 14.1. The van der Waals surface area contributed by atoms with E-state index in [1.165, 1.54) is 6.07 Å². The molecule has 1 N–H and O–H groups in total. The van der Waals surface area contributed by atoms with Crippen LogP contribution in [0.25, 0.3) is 0 Å². The number of hydrogen-bond acceptors (Lipinski definition) is 3. The Kier molecular flexibility index (Phi) is 5.23. The van der Waals surface area contributed by atoms with Crippen molar-refractivity contribution in [2.45, 2.75) is 32.1 Å². The molecule has 1 aliphatic heterocycles. The lowest BCUT2D eigenvalue weighted by Gasteiger charge is -2.37. The predicted molar refractivity (Wildman–Crippen MR) is 85.5 cm³/mol. The summed E-state index contributed by atoms with van der Waals surface area (Å²) in [6.45, 7) is 3.20. The molecule has 23 heavy (non-hydrogen) atoms. The summed E-state index contributed by atoms with van der Waals surface area (Å²) in [4.78, 5) is 13.9. The third kappa shape index (κ3) is 4.40. The van der Waals surface area contributed by atoms with Gasteiger partial charge in [-0.25, -0.2) is 4.79 Å². The Morgan fingerprint density at radius 3 is 2.74 bits per heavy atom. The maximum Gasteiger partial charge on any atom is 0.387 e. The topological polar surface area (TPSA) is 58.6 Å². The van der Waals surface area contributed by atoms with Gasteiger partial charge in [0.15, 0.2) is 0 Å². The van der Waals surface area contributed by atoms with E-state index in [0.29, 0.717) is 30.1 Å². The number of ether oxygens (including phenoxy) is 1. The summed E-state index contributed by atoms with van der Waals surface area (Å²) in [5, 5.41) is 2.67. The molecule has 0 spiro atoms. The van der Waals surface area contributed by atoms with Gasteiger partial charge in [0, 0.05) is 41.4 Å². The molecule has 1 aliphatic rings. The Hall–Kier alpha value is -1.70. The van der Waals surface area contributed by atoms with Crippen LogP contribution >= 0.6 is 0 Å². The molecule has 0 radical (unpaired) electrons. The lowest BCUT2D eigenvalue weighted by atomic mass is 10.2. The molecule has 1 saturated heterocycles. The summed E-state index contributed by atoms with van der Waals surface area (Å²) in [6.07, 6.45) is 0. The third-order valence-corrected chi connectivity index (χ3v) is 5.59. The molecule has 0 aliphatic carbocycles. The summed E-state index contributed by atoms with van der Waals surface area (Å²) < 4.78 is 40.6. The molecule has 0 aromatic heterocycles. The van der Waals surface area contributed by atoms with Crippen molar-refractivity contribution in [2.75, 3.05) is 24.2 Å². The van der Waals surface area contributed by atoms with Gasteiger partial charge >= 0.3 is 12.6 Å². The van der Waals surface area contributed by atoms with E-state index in [1.54, 1.807) is 24.0 Å². The van der Waals surface area contributed by atoms with Gasteiger partial charge in [-0.1, -0.05) is 6.07 Å². The predicted octanol–water partition coefficient (Wildman–Crippen LogP) is 2.97. The fourth-order valence-electron chi connectivity index (χ4n) is 2.36. The molecular formula is C15H20F2N2O3S. The summed E-state index contributed by atoms with van der Waals surface area (Å²) in [5.41, 5.74) is 0.929. The van der Waals surface area contributed by atoms with Crippen LogP contribution < -0.4 is 10.1 Å². The molecule has 5 nitrogen and oxygen atoms in total. The number of anilines is 1. The monoisotopic (exact) mass is 346 g/mol. The van der Waals surface area contributed by atoms with Crippen molar-refractivity contribution < 1.29 is 22.5 Å². The van der Waals surface area contributed by atoms with E-state index in [4.69, 9.17) is 0 Å². The first-order valence-corrected chi connectivity index (χ1v) is 8.51. The summed E-state index contributed by atoms with van der Waals surface area (Å²) in [6, 6.07) is 4.25. The van der Waals surface area contributed by atoms with Gasteiger partial charge in [-0.3, -0.25) is 4.21 Å². The van der Waals surface area contributed by atoms with E-state index in [0.717, 1.165) is 0 Å². The second kappa shape index (κ2) is 6.82. The van der Waals surface area contributed by atoms with Crippen LogP contribution in [0.15, 0.2) is 18.2 Å². The minimum Gasteiger partial charge on any atom is -0.434 e. The molecule has 8 heteroatoms. The number of amides is 2. The molecule has 1 heterocycles. The third-order valence-electron chi connectivity index (χ3n) is 3.68. The molecule has 0 unspecified atom stereocenters. The zero-order valence-electron chi connectivity index (χ0n) is 13.3. The summed E-state index contributed by atoms with van der Waals surface area (Å²) in [5.74, 6) is 0.450. The zero-order chi connectivity index (χ0) is 17.2. The average molecular weight is 346 g/mol. The van der Waals surface area contributed by atoms with Crippen molar-refractivity contribution in [1.82, 2.24) is 4.90 Å². The lowest BCUT2D eigenvalue weighted by Crippen LogP contribution is -2.53. The van der Waals surface area contributed by atoms with Crippen molar-refractivity contribution in [3.63, 3.8) is 0 Å². The van der Waals surface area contributed by atoms with Crippen LogP contribution in [-0.4, -0.2) is 45.3 Å². The molecule has 0 saturated carbocycles. The minimum absolute atomic E-state index is 0.0258. The number of aryl methyl sites for hydroxylation is 1. The van der Waals surface area contributed by atoms with Crippen molar-refractivity contribution in [1.29, 1.82) is 0 Å². The van der Waals surface area contributed by atoms with E-state index in [-0.39, 0.29) is 11.8 Å². The quantitative estimate of drug-likeness (QED) is 0.915. The Morgan fingerprint density at radius 2 is 2.13 bits per heavy atom. The van der Waals surface area contributed by atoms with Crippen molar-refractivity contribution in [3.05, 3.63) is 23.8 Å². The van der Waals surface area contributed by atoms with Crippen molar-refractivity contribution >= 4 is 22.5 Å². The second-order valence-corrected chi connectivity index (χ2v) is 8.22. The number of nitrogens with zero attached hydrogens (tertiary/aromatic N) is 1. The standard InChI is InChI=1S/C15H20F2N2O3S/c1-10-4-5-11(8-12(10)22-13(16)17)18-14(20)19-6-7-23(21)15(2,3)9-19/h4-5,8,13H,6-7,9H2,1-3H3,(H,18,20)/t23-/m0/s1. The van der Waals surface area contributed by atoms with Crippen LogP contribution in [0.1, 0.15) is 19.4 Å². The highest BCUT2D eigenvalue weighted by molar-refractivity contribution is 7.86. The van der Waals surface area contributed by atoms with Crippen molar-refractivity contribution in [3.8, 4) is 5.75 Å². The number of carbonyl (C=O) groups excluding carboxylic acids is 1. The van der Waals surface area contributed by atoms with Crippen molar-refractivity contribution in [2.24, 2.45) is 0 Å². The first kappa shape index (κ1) is 17.7. The fourth-order valence-corrected chi connectivity index (χ4v) is 3.60. The smallest absolute Gasteiger partial charge is 0.387 e. The number of nitrogens with one attached hydrogen (secondary N) is 1. The molecule has 128 valence electrons. The largest absolute Gasteiger partial charge is 0.434 e. The van der Waals surface area contributed by atoms with E-state index in [1.807, 2.05) is 13.8 Å². The van der Waals surface area contributed by atoms with Gasteiger partial charge in [-0.2, -0.15) is 8.78 Å². The maximum atomic E-state index is 12.4. The molecule has 1 fully saturated rings. The maximum absolute atomic E-state index is 12.4. The Labute approximate surface area is 136 Å².